The third kappa shape index (κ3) is 4.19. The lowest BCUT2D eigenvalue weighted by molar-refractivity contribution is 0.0271. The molecule has 2 nitrogen and oxygen atoms in total. The van der Waals surface area contributed by atoms with Crippen LogP contribution in [-0.4, -0.2) is 24.4 Å². The summed E-state index contributed by atoms with van der Waals surface area (Å²) < 4.78 is 5.61. The average Bonchev–Trinajstić information content (AvgIpc) is 2.53. The maximum absolute atomic E-state index is 8.81. The Balaban J connectivity index is 2.01. The summed E-state index contributed by atoms with van der Waals surface area (Å²) in [6.45, 7) is 2.62. The highest BCUT2D eigenvalue weighted by Gasteiger charge is 2.07. The first-order valence-corrected chi connectivity index (χ1v) is 7.20. The van der Waals surface area contributed by atoms with E-state index in [1.807, 2.05) is 6.07 Å². The SMILES string of the molecule is CCC(Cc1ccc(-c2ccccc2)cc1)OCCO. The summed E-state index contributed by atoms with van der Waals surface area (Å²) in [6, 6.07) is 19.0. The molecule has 0 aliphatic heterocycles. The van der Waals surface area contributed by atoms with Gasteiger partial charge in [-0.3, -0.25) is 0 Å². The minimum absolute atomic E-state index is 0.0868. The van der Waals surface area contributed by atoms with Gasteiger partial charge in [-0.1, -0.05) is 61.5 Å². The van der Waals surface area contributed by atoms with Crippen LogP contribution in [0.15, 0.2) is 54.6 Å². The Morgan fingerprint density at radius 2 is 1.60 bits per heavy atom. The molecule has 20 heavy (non-hydrogen) atoms. The number of benzene rings is 2. The quantitative estimate of drug-likeness (QED) is 0.831. The Hall–Kier alpha value is -1.64. The zero-order valence-electron chi connectivity index (χ0n) is 12.0. The highest BCUT2D eigenvalue weighted by molar-refractivity contribution is 5.63. The third-order valence-corrected chi connectivity index (χ3v) is 3.42. The molecule has 2 aromatic rings. The Bertz CT molecular complexity index is 491. The van der Waals surface area contributed by atoms with Gasteiger partial charge in [-0.15, -0.1) is 0 Å². The van der Waals surface area contributed by atoms with E-state index in [1.54, 1.807) is 0 Å². The smallest absolute Gasteiger partial charge is 0.0701 e. The lowest BCUT2D eigenvalue weighted by atomic mass is 10.0. The van der Waals surface area contributed by atoms with Gasteiger partial charge in [0.1, 0.15) is 0 Å². The maximum Gasteiger partial charge on any atom is 0.0701 e. The van der Waals surface area contributed by atoms with Crippen LogP contribution in [0.2, 0.25) is 0 Å². The highest BCUT2D eigenvalue weighted by atomic mass is 16.5. The van der Waals surface area contributed by atoms with E-state index < -0.39 is 0 Å². The molecule has 0 aromatic heterocycles. The number of rotatable bonds is 7. The summed E-state index contributed by atoms with van der Waals surface area (Å²) in [5.41, 5.74) is 3.75. The van der Waals surface area contributed by atoms with Gasteiger partial charge in [-0.2, -0.15) is 0 Å². The van der Waals surface area contributed by atoms with E-state index >= 15 is 0 Å². The molecule has 2 heteroatoms. The molecule has 0 saturated carbocycles. The Labute approximate surface area is 121 Å². The molecule has 0 aliphatic carbocycles. The van der Waals surface area contributed by atoms with Crippen molar-refractivity contribution in [3.05, 3.63) is 60.2 Å². The molecule has 0 spiro atoms. The molecular formula is C18H22O2. The summed E-state index contributed by atoms with van der Waals surface area (Å²) in [6.07, 6.45) is 2.04. The van der Waals surface area contributed by atoms with Crippen LogP contribution < -0.4 is 0 Å². The van der Waals surface area contributed by atoms with Crippen LogP contribution >= 0.6 is 0 Å². The van der Waals surface area contributed by atoms with E-state index in [0.29, 0.717) is 6.61 Å². The molecule has 0 amide bonds. The number of hydrogen-bond donors (Lipinski definition) is 1. The highest BCUT2D eigenvalue weighted by Crippen LogP contribution is 2.20. The summed E-state index contributed by atoms with van der Waals surface area (Å²) in [5, 5.41) is 8.81. The predicted molar refractivity (Wildman–Crippen MR) is 82.7 cm³/mol. The van der Waals surface area contributed by atoms with Crippen molar-refractivity contribution in [3.63, 3.8) is 0 Å². The fraction of sp³-hybridized carbons (Fsp3) is 0.333. The second-order valence-corrected chi connectivity index (χ2v) is 4.89. The fourth-order valence-electron chi connectivity index (χ4n) is 2.27. The molecule has 0 fully saturated rings. The van der Waals surface area contributed by atoms with Gasteiger partial charge in [0.05, 0.1) is 19.3 Å². The van der Waals surface area contributed by atoms with Gasteiger partial charge in [0.25, 0.3) is 0 Å². The summed E-state index contributed by atoms with van der Waals surface area (Å²) >= 11 is 0. The minimum atomic E-state index is 0.0868. The second kappa shape index (κ2) is 7.83. The van der Waals surface area contributed by atoms with Gasteiger partial charge >= 0.3 is 0 Å². The van der Waals surface area contributed by atoms with Crippen molar-refractivity contribution in [2.75, 3.05) is 13.2 Å². The number of aliphatic hydroxyl groups is 1. The molecule has 2 aromatic carbocycles. The molecule has 1 N–H and O–H groups in total. The standard InChI is InChI=1S/C18H22O2/c1-2-18(20-13-12-19)14-15-8-10-17(11-9-15)16-6-4-3-5-7-16/h3-11,18-19H,2,12-14H2,1H3. The van der Waals surface area contributed by atoms with Crippen molar-refractivity contribution in [2.45, 2.75) is 25.9 Å². The lowest BCUT2D eigenvalue weighted by Gasteiger charge is -2.15. The van der Waals surface area contributed by atoms with Crippen molar-refractivity contribution in [1.82, 2.24) is 0 Å². The number of ether oxygens (including phenoxy) is 1. The van der Waals surface area contributed by atoms with Gasteiger partial charge in [-0.25, -0.2) is 0 Å². The Morgan fingerprint density at radius 1 is 0.950 bits per heavy atom. The topological polar surface area (TPSA) is 29.5 Å². The van der Waals surface area contributed by atoms with Crippen molar-refractivity contribution in [1.29, 1.82) is 0 Å². The molecule has 106 valence electrons. The van der Waals surface area contributed by atoms with E-state index in [1.165, 1.54) is 16.7 Å². The molecular weight excluding hydrogens is 248 g/mol. The molecule has 0 bridgehead atoms. The van der Waals surface area contributed by atoms with Crippen LogP contribution in [0.1, 0.15) is 18.9 Å². The van der Waals surface area contributed by atoms with Crippen LogP contribution in [-0.2, 0) is 11.2 Å². The second-order valence-electron chi connectivity index (χ2n) is 4.89. The predicted octanol–water partition coefficient (Wildman–Crippen LogP) is 3.68. The maximum atomic E-state index is 8.81. The number of hydrogen-bond acceptors (Lipinski definition) is 2. The zero-order chi connectivity index (χ0) is 14.2. The summed E-state index contributed by atoms with van der Waals surface area (Å²) in [5.74, 6) is 0. The molecule has 2 rings (SSSR count). The lowest BCUT2D eigenvalue weighted by Crippen LogP contribution is -2.17. The van der Waals surface area contributed by atoms with Crippen molar-refractivity contribution < 1.29 is 9.84 Å². The summed E-state index contributed by atoms with van der Waals surface area (Å²) in [7, 11) is 0. The largest absolute Gasteiger partial charge is 0.394 e. The van der Waals surface area contributed by atoms with E-state index in [2.05, 4.69) is 55.5 Å². The molecule has 0 saturated heterocycles. The van der Waals surface area contributed by atoms with Crippen molar-refractivity contribution >= 4 is 0 Å². The first kappa shape index (κ1) is 14.8. The fourth-order valence-corrected chi connectivity index (χ4v) is 2.27. The van der Waals surface area contributed by atoms with E-state index in [9.17, 15) is 0 Å². The van der Waals surface area contributed by atoms with Gasteiger partial charge in [-0.05, 0) is 29.5 Å². The molecule has 0 heterocycles. The Kier molecular flexibility index (Phi) is 5.78. The molecule has 1 unspecified atom stereocenters. The van der Waals surface area contributed by atoms with Crippen LogP contribution in [0.4, 0.5) is 0 Å². The monoisotopic (exact) mass is 270 g/mol. The van der Waals surface area contributed by atoms with E-state index in [-0.39, 0.29) is 12.7 Å². The molecule has 1 atom stereocenters. The zero-order valence-corrected chi connectivity index (χ0v) is 12.0. The van der Waals surface area contributed by atoms with Crippen molar-refractivity contribution in [2.24, 2.45) is 0 Å². The van der Waals surface area contributed by atoms with Gasteiger partial charge in [0.2, 0.25) is 0 Å². The van der Waals surface area contributed by atoms with Crippen LogP contribution in [0.5, 0.6) is 0 Å². The molecule has 0 radical (unpaired) electrons. The van der Waals surface area contributed by atoms with Crippen molar-refractivity contribution in [3.8, 4) is 11.1 Å². The van der Waals surface area contributed by atoms with Crippen LogP contribution in [0.3, 0.4) is 0 Å². The summed E-state index contributed by atoms with van der Waals surface area (Å²) in [4.78, 5) is 0. The van der Waals surface area contributed by atoms with Crippen LogP contribution in [0.25, 0.3) is 11.1 Å². The normalized spacial score (nSPS) is 12.3. The van der Waals surface area contributed by atoms with E-state index in [0.717, 1.165) is 12.8 Å². The van der Waals surface area contributed by atoms with E-state index in [4.69, 9.17) is 9.84 Å². The third-order valence-electron chi connectivity index (χ3n) is 3.42. The first-order valence-electron chi connectivity index (χ1n) is 7.20. The Morgan fingerprint density at radius 3 is 2.20 bits per heavy atom. The van der Waals surface area contributed by atoms with Gasteiger partial charge in [0.15, 0.2) is 0 Å². The average molecular weight is 270 g/mol. The first-order chi connectivity index (χ1) is 9.83. The van der Waals surface area contributed by atoms with Gasteiger partial charge < -0.3 is 9.84 Å². The minimum Gasteiger partial charge on any atom is -0.394 e. The van der Waals surface area contributed by atoms with Gasteiger partial charge in [0, 0.05) is 0 Å². The number of aliphatic hydroxyl groups excluding tert-OH is 1. The van der Waals surface area contributed by atoms with Crippen LogP contribution in [0, 0.1) is 0 Å². The molecule has 0 aliphatic rings.